The summed E-state index contributed by atoms with van der Waals surface area (Å²) < 4.78 is 0. The lowest BCUT2D eigenvalue weighted by Gasteiger charge is -1.54. The Hall–Kier alpha value is -0.840. The van der Waals surface area contributed by atoms with Crippen molar-refractivity contribution in [3.8, 4) is 12.0 Å². The van der Waals surface area contributed by atoms with Gasteiger partial charge in [-0.1, -0.05) is 5.92 Å². The van der Waals surface area contributed by atoms with E-state index in [4.69, 9.17) is 0 Å². The number of rotatable bonds is 0. The molecule has 0 fully saturated rings. The Bertz CT molecular complexity index is 104. The van der Waals surface area contributed by atoms with E-state index in [1.165, 1.54) is 0 Å². The molecule has 0 radical (unpaired) electrons. The van der Waals surface area contributed by atoms with Crippen LogP contribution in [0.1, 0.15) is 0 Å². The van der Waals surface area contributed by atoms with E-state index in [-0.39, 0.29) is 0 Å². The van der Waals surface area contributed by atoms with Crippen molar-refractivity contribution in [2.24, 2.45) is 10.2 Å². The quantitative estimate of drug-likeness (QED) is 0.366. The smallest absolute Gasteiger partial charge is 0.124 e. The first-order valence-corrected chi connectivity index (χ1v) is 1.34. The van der Waals surface area contributed by atoms with E-state index in [1.807, 2.05) is 0 Å². The summed E-state index contributed by atoms with van der Waals surface area (Å²) in [6.45, 7) is 0.597. The maximum Gasteiger partial charge on any atom is 0.124 e. The van der Waals surface area contributed by atoms with Crippen molar-refractivity contribution in [2.75, 3.05) is 6.54 Å². The summed E-state index contributed by atoms with van der Waals surface area (Å²) >= 11 is 0. The van der Waals surface area contributed by atoms with Crippen molar-refractivity contribution in [3.63, 3.8) is 0 Å². The Labute approximate surface area is 29.9 Å². The van der Waals surface area contributed by atoms with Gasteiger partial charge in [0.25, 0.3) is 0 Å². The Morgan fingerprint density at radius 2 is 2.60 bits per heavy atom. The number of hydrogen-bond acceptors (Lipinski definition) is 2. The van der Waals surface area contributed by atoms with Crippen LogP contribution in [-0.2, 0) is 0 Å². The second-order valence-corrected chi connectivity index (χ2v) is 0.688. The molecular formula is C3H2N2. The molecule has 0 atom stereocenters. The third kappa shape index (κ3) is 0.246. The van der Waals surface area contributed by atoms with Crippen molar-refractivity contribution in [2.45, 2.75) is 0 Å². The van der Waals surface area contributed by atoms with Gasteiger partial charge in [-0.3, -0.25) is 0 Å². The molecule has 0 aromatic heterocycles. The van der Waals surface area contributed by atoms with Gasteiger partial charge in [-0.2, -0.15) is 5.11 Å². The molecule has 0 unspecified atom stereocenters. The molecule has 0 saturated carbocycles. The van der Waals surface area contributed by atoms with Gasteiger partial charge in [-0.15, -0.1) is 5.11 Å². The zero-order valence-corrected chi connectivity index (χ0v) is 2.60. The zero-order valence-electron chi connectivity index (χ0n) is 2.60. The van der Waals surface area contributed by atoms with Gasteiger partial charge in [0.1, 0.15) is 6.54 Å². The molecule has 1 aliphatic rings. The van der Waals surface area contributed by atoms with Crippen LogP contribution >= 0.6 is 0 Å². The lowest BCUT2D eigenvalue weighted by atomic mass is 10.7. The number of nitrogens with zero attached hydrogens (tertiary/aromatic N) is 2. The van der Waals surface area contributed by atoms with E-state index >= 15 is 0 Å². The van der Waals surface area contributed by atoms with Crippen molar-refractivity contribution < 1.29 is 0 Å². The monoisotopic (exact) mass is 66.0 g/mol. The maximum absolute atomic E-state index is 3.49. The minimum Gasteiger partial charge on any atom is -0.167 e. The Kier molecular flexibility index (Phi) is 0.409. The van der Waals surface area contributed by atoms with Gasteiger partial charge in [-0.05, 0) is 0 Å². The van der Waals surface area contributed by atoms with E-state index in [0.717, 1.165) is 0 Å². The Morgan fingerprint density at radius 1 is 1.60 bits per heavy atom. The maximum atomic E-state index is 3.49. The van der Waals surface area contributed by atoms with Crippen LogP contribution in [-0.4, -0.2) is 6.54 Å². The van der Waals surface area contributed by atoms with Gasteiger partial charge >= 0.3 is 0 Å². The molecule has 0 bridgehead atoms. The first-order chi connectivity index (χ1) is 2.50. The fourth-order valence-electron chi connectivity index (χ4n) is 0.177. The van der Waals surface area contributed by atoms with Gasteiger partial charge in [0.05, 0.1) is 6.04 Å². The molecule has 0 aromatic carbocycles. The minimum absolute atomic E-state index is 0.597. The van der Waals surface area contributed by atoms with E-state index in [9.17, 15) is 0 Å². The van der Waals surface area contributed by atoms with Gasteiger partial charge in [0.2, 0.25) is 0 Å². The lowest BCUT2D eigenvalue weighted by Crippen LogP contribution is -1.55. The summed E-state index contributed by atoms with van der Waals surface area (Å²) in [4.78, 5) is 0. The summed E-state index contributed by atoms with van der Waals surface area (Å²) in [6, 6.07) is 2.43. The van der Waals surface area contributed by atoms with Crippen molar-refractivity contribution in [3.05, 3.63) is 0 Å². The van der Waals surface area contributed by atoms with Crippen LogP contribution < -0.4 is 0 Å². The van der Waals surface area contributed by atoms with Crippen molar-refractivity contribution in [1.82, 2.24) is 0 Å². The molecule has 1 aliphatic heterocycles. The molecule has 0 N–H and O–H groups in total. The molecule has 1 heterocycles. The summed E-state index contributed by atoms with van der Waals surface area (Å²) in [5.74, 6) is 2.64. The average Bonchev–Trinajstić information content (AvgIpc) is 1.76. The van der Waals surface area contributed by atoms with Gasteiger partial charge < -0.3 is 0 Å². The fourth-order valence-corrected chi connectivity index (χ4v) is 0.177. The van der Waals surface area contributed by atoms with Crippen LogP contribution in [0.3, 0.4) is 0 Å². The predicted octanol–water partition coefficient (Wildman–Crippen LogP) is 0.413. The highest BCUT2D eigenvalue weighted by Crippen LogP contribution is 1.76. The predicted molar refractivity (Wildman–Crippen MR) is 17.5 cm³/mol. The first-order valence-electron chi connectivity index (χ1n) is 1.34. The summed E-state index contributed by atoms with van der Waals surface area (Å²) in [7, 11) is 0. The highest BCUT2D eigenvalue weighted by molar-refractivity contribution is 5.02. The third-order valence-electron chi connectivity index (χ3n) is 0.350. The van der Waals surface area contributed by atoms with E-state index in [1.54, 1.807) is 0 Å². The largest absolute Gasteiger partial charge is 0.167 e. The molecular weight excluding hydrogens is 64.0 g/mol. The average molecular weight is 66.1 g/mol. The molecule has 2 heteroatoms. The zero-order chi connectivity index (χ0) is 3.54. The number of azo groups is 1. The second kappa shape index (κ2) is 0.852. The highest BCUT2D eigenvalue weighted by atomic mass is 15.1. The lowest BCUT2D eigenvalue weighted by molar-refractivity contribution is 1.15. The number of hydrogen-bond donors (Lipinski definition) is 0. The van der Waals surface area contributed by atoms with E-state index in [0.29, 0.717) is 6.54 Å². The molecule has 0 aliphatic carbocycles. The van der Waals surface area contributed by atoms with Crippen LogP contribution in [0.2, 0.25) is 0 Å². The Balaban J connectivity index is 2.77. The molecule has 0 spiro atoms. The fraction of sp³-hybridized carbons (Fsp3) is 0.333. The first kappa shape index (κ1) is 2.40. The summed E-state index contributed by atoms with van der Waals surface area (Å²) in [6.07, 6.45) is 0. The van der Waals surface area contributed by atoms with Crippen LogP contribution in [0.5, 0.6) is 0 Å². The van der Waals surface area contributed by atoms with Crippen molar-refractivity contribution >= 4 is 0 Å². The Morgan fingerprint density at radius 3 is 2.80 bits per heavy atom. The highest BCUT2D eigenvalue weighted by Gasteiger charge is 1.71. The molecule has 24 valence electrons. The van der Waals surface area contributed by atoms with Crippen molar-refractivity contribution in [1.29, 1.82) is 0 Å². The van der Waals surface area contributed by atoms with Gasteiger partial charge in [0.15, 0.2) is 0 Å². The normalized spacial score (nSPS) is 14.4. The third-order valence-corrected chi connectivity index (χ3v) is 0.350. The summed E-state index contributed by atoms with van der Waals surface area (Å²) in [5, 5.41) is 6.83. The topological polar surface area (TPSA) is 24.7 Å². The van der Waals surface area contributed by atoms with Gasteiger partial charge in [-0.25, -0.2) is 0 Å². The van der Waals surface area contributed by atoms with Crippen LogP contribution in [0.4, 0.5) is 0 Å². The van der Waals surface area contributed by atoms with E-state index in [2.05, 4.69) is 22.2 Å². The molecule has 5 heavy (non-hydrogen) atoms. The SMILES string of the molecule is C1#CN=NC1. The minimum atomic E-state index is 0.597. The van der Waals surface area contributed by atoms with Gasteiger partial charge in [0, 0.05) is 0 Å². The molecule has 0 aromatic rings. The molecule has 0 saturated heterocycles. The second-order valence-electron chi connectivity index (χ2n) is 0.688. The standard InChI is InChI=1S/C3H2N2/c1-2-4-5-3-1/h2H2. The van der Waals surface area contributed by atoms with Crippen LogP contribution in [0, 0.1) is 12.0 Å². The van der Waals surface area contributed by atoms with Crippen LogP contribution in [0.25, 0.3) is 0 Å². The molecule has 1 rings (SSSR count). The van der Waals surface area contributed by atoms with E-state index < -0.39 is 0 Å². The molecule has 0 amide bonds. The van der Waals surface area contributed by atoms with Crippen LogP contribution in [0.15, 0.2) is 10.2 Å². The molecule has 2 nitrogen and oxygen atoms in total. The summed E-state index contributed by atoms with van der Waals surface area (Å²) in [5.41, 5.74) is 0.